The number of rotatable bonds is 9. The zero-order valence-corrected chi connectivity index (χ0v) is 66.0. The average Bonchev–Trinajstić information content (AvgIpc) is 0.887. The molecule has 0 aliphatic carbocycles. The van der Waals surface area contributed by atoms with Crippen LogP contribution in [0, 0.1) is 0 Å². The van der Waals surface area contributed by atoms with E-state index in [1.165, 1.54) is 22.3 Å². The number of thiophene rings is 1. The van der Waals surface area contributed by atoms with Gasteiger partial charge in [-0.15, -0.1) is 11.3 Å². The van der Waals surface area contributed by atoms with E-state index in [2.05, 4.69) is 342 Å². The van der Waals surface area contributed by atoms with Gasteiger partial charge in [0.1, 0.15) is 11.2 Å². The highest BCUT2D eigenvalue weighted by atomic mass is 32.1. The van der Waals surface area contributed by atoms with E-state index in [0.717, 1.165) is 148 Å². The second kappa shape index (κ2) is 25.6. The molecule has 1 atom stereocenters. The minimum absolute atomic E-state index is 0.00407. The third kappa shape index (κ3) is 11.2. The van der Waals surface area contributed by atoms with Crippen molar-refractivity contribution in [1.29, 1.82) is 0 Å². The molecule has 0 spiro atoms. The summed E-state index contributed by atoms with van der Waals surface area (Å²) in [7, 11) is 0. The van der Waals surface area contributed by atoms with E-state index in [-0.39, 0.29) is 43.5 Å². The number of benzene rings is 15. The highest BCUT2D eigenvalue weighted by Crippen LogP contribution is 2.66. The second-order valence-electron chi connectivity index (χ2n) is 34.6. The van der Waals surface area contributed by atoms with E-state index in [1.54, 1.807) is 15.9 Å². The van der Waals surface area contributed by atoms with Gasteiger partial charge in [0.25, 0.3) is 0 Å². The van der Waals surface area contributed by atoms with E-state index in [1.807, 2.05) is 18.2 Å². The van der Waals surface area contributed by atoms with Crippen molar-refractivity contribution in [2.75, 3.05) is 9.80 Å². The fraction of sp³-hybridized carbons (Fsp3) is 0.159. The molecule has 544 valence electrons. The molecule has 5 heteroatoms. The normalized spacial score (nSPS) is 14.8. The van der Waals surface area contributed by atoms with Crippen LogP contribution < -0.4 is 9.80 Å². The zero-order valence-electron chi connectivity index (χ0n) is 73.1. The Kier molecular flexibility index (Phi) is 13.9. The number of nitrogens with zero attached hydrogens (tertiary/aromatic N) is 3. The summed E-state index contributed by atoms with van der Waals surface area (Å²) in [4.78, 5) is 4.95. The molecule has 0 amide bonds. The van der Waals surface area contributed by atoms with Gasteiger partial charge in [0.2, 0.25) is 0 Å². The fourth-order valence-corrected chi connectivity index (χ4v) is 18.7. The summed E-state index contributed by atoms with van der Waals surface area (Å²) in [6.07, 6.45) is 0. The molecule has 18 aromatic rings. The van der Waals surface area contributed by atoms with Crippen molar-refractivity contribution in [1.82, 2.24) is 4.57 Å². The van der Waals surface area contributed by atoms with E-state index >= 15 is 0 Å². The van der Waals surface area contributed by atoms with Gasteiger partial charge < -0.3 is 18.8 Å². The number of fused-ring (bicyclic) bond motifs is 13. The lowest BCUT2D eigenvalue weighted by atomic mass is 9.73. The van der Waals surface area contributed by atoms with Crippen LogP contribution in [-0.2, 0) is 21.7 Å². The minimum Gasteiger partial charge on any atom is -0.455 e. The molecule has 0 fully saturated rings. The van der Waals surface area contributed by atoms with Crippen LogP contribution in [0.1, 0.15) is 139 Å². The minimum atomic E-state index is -0.594. The van der Waals surface area contributed by atoms with Gasteiger partial charge in [-0.1, -0.05) is 332 Å². The number of anilines is 6. The molecule has 0 saturated carbocycles. The molecule has 15 aromatic carbocycles. The molecule has 4 nitrogen and oxygen atoms in total. The average molecular weight is 1470 g/mol. The molecule has 3 aromatic heterocycles. The maximum absolute atomic E-state index is 10.4. The standard InChI is InChI=1S/C107H89N3OS/c1-104(2,3)73-53-71(54-74(59-73)105(4,5)6)69-50-52-89-86(57-69)98-81-51-49-70(72-55-75(106(7,8)9)60-76(56-72)107(10,11)12)58-90(81)110(102-83(65-33-17-13-18-34-65)63-85-80-43-27-31-47-93(80)111-103(85)97(102)68-39-23-16-24-40-68)92-62-77(108-87-45-29-25-41-78(87)79-42-26-30-46-88(79)108)61-91(100(92)98)109(89)101-84(66-35-19-14-20-36-66)64-95-99(82-44-28-32-48-94(82)112-95)96(101)67-37-21-15-22-38-67/h13-64,98H,1-12H3/i25D,26D,29D,30D,41D,42D,45D,46D. The van der Waals surface area contributed by atoms with Crippen molar-refractivity contribution in [3.63, 3.8) is 0 Å². The molecule has 0 saturated heterocycles. The number of aromatic nitrogens is 1. The predicted octanol–water partition coefficient (Wildman–Crippen LogP) is 31.0. The van der Waals surface area contributed by atoms with Gasteiger partial charge >= 0.3 is 0 Å². The highest BCUT2D eigenvalue weighted by molar-refractivity contribution is 7.26. The zero-order chi connectivity index (χ0) is 83.4. The van der Waals surface area contributed by atoms with Crippen molar-refractivity contribution in [3.8, 4) is 72.4 Å². The number of hydrogen-bond donors (Lipinski definition) is 0. The van der Waals surface area contributed by atoms with Gasteiger partial charge in [-0.25, -0.2) is 0 Å². The third-order valence-corrected chi connectivity index (χ3v) is 24.5. The van der Waals surface area contributed by atoms with E-state index in [0.29, 0.717) is 17.0 Å². The Hall–Kier alpha value is -12.3. The molecule has 2 aliphatic heterocycles. The van der Waals surface area contributed by atoms with Crippen LogP contribution in [0.3, 0.4) is 0 Å². The van der Waals surface area contributed by atoms with Crippen molar-refractivity contribution < 1.29 is 15.4 Å². The van der Waals surface area contributed by atoms with Gasteiger partial charge in [-0.2, -0.15) is 0 Å². The molecule has 1 unspecified atom stereocenters. The Labute approximate surface area is 672 Å². The van der Waals surface area contributed by atoms with Gasteiger partial charge in [0.05, 0.1) is 61.8 Å². The molecule has 2 aliphatic rings. The third-order valence-electron chi connectivity index (χ3n) is 23.4. The van der Waals surface area contributed by atoms with E-state index in [9.17, 15) is 11.0 Å². The first-order valence-corrected chi connectivity index (χ1v) is 39.8. The first kappa shape index (κ1) is 60.5. The van der Waals surface area contributed by atoms with Crippen LogP contribution in [0.25, 0.3) is 136 Å². The van der Waals surface area contributed by atoms with Crippen LogP contribution >= 0.6 is 11.3 Å². The predicted molar refractivity (Wildman–Crippen MR) is 479 cm³/mol. The molecular formula is C107H89N3OS. The quantitative estimate of drug-likeness (QED) is 0.144. The largest absolute Gasteiger partial charge is 0.455 e. The fourth-order valence-electron chi connectivity index (χ4n) is 17.6. The summed E-state index contributed by atoms with van der Waals surface area (Å²) in [5.41, 5.74) is 25.1. The van der Waals surface area contributed by atoms with Crippen LogP contribution in [0.5, 0.6) is 0 Å². The van der Waals surface area contributed by atoms with Crippen molar-refractivity contribution in [3.05, 3.63) is 354 Å². The smallest absolute Gasteiger partial charge is 0.145 e. The Morgan fingerprint density at radius 2 is 0.786 bits per heavy atom. The highest BCUT2D eigenvalue weighted by Gasteiger charge is 2.45. The topological polar surface area (TPSA) is 24.6 Å². The van der Waals surface area contributed by atoms with Crippen LogP contribution in [0.4, 0.5) is 34.1 Å². The van der Waals surface area contributed by atoms with Crippen LogP contribution in [0.15, 0.2) is 320 Å². The SMILES string of the molecule is [2H]c1c([2H])c([2H])c2c(c1[2H])c1c([2H])c([2H])c([2H])c([2H])c1n2-c1cc2c3c(c1)N(c1c(-c4ccccc4)cc4sc5ccccc5c4c1-c1ccccc1)c1ccc(-c4cc(C(C)(C)C)cc(C(C)(C)C)c4)cc1C3c1ccc(-c3cc(C(C)(C)C)cc(C(C)(C)C)c3)cc1N2c1c(-c2ccccc2)cc2c(oc3ccccc32)c1-c1ccccc1. The maximum Gasteiger partial charge on any atom is 0.145 e. The molecule has 0 bridgehead atoms. The summed E-state index contributed by atoms with van der Waals surface area (Å²) in [5, 5.41) is 4.01. The van der Waals surface area contributed by atoms with Crippen molar-refractivity contribution >= 4 is 109 Å². The Bertz CT molecular complexity index is 7220. The monoisotopic (exact) mass is 1470 g/mol. The molecular weight excluding hydrogens is 1380 g/mol. The van der Waals surface area contributed by atoms with Gasteiger partial charge in [0.15, 0.2) is 0 Å². The van der Waals surface area contributed by atoms with Gasteiger partial charge in [0, 0.05) is 75.5 Å². The Morgan fingerprint density at radius 1 is 0.330 bits per heavy atom. The number of furan rings is 1. The Morgan fingerprint density at radius 3 is 1.34 bits per heavy atom. The summed E-state index contributed by atoms with van der Waals surface area (Å²) in [6.45, 7) is 27.5. The molecule has 5 heterocycles. The molecule has 0 N–H and O–H groups in total. The first-order chi connectivity index (χ1) is 57.4. The number of hydrogen-bond acceptors (Lipinski definition) is 4. The Balaban J connectivity index is 1.06. The lowest BCUT2D eigenvalue weighted by Gasteiger charge is -2.47. The number of para-hydroxylation sites is 3. The molecule has 112 heavy (non-hydrogen) atoms. The maximum atomic E-state index is 10.4. The summed E-state index contributed by atoms with van der Waals surface area (Å²) in [5.74, 6) is -0.594. The first-order valence-electron chi connectivity index (χ1n) is 43.0. The second-order valence-corrected chi connectivity index (χ2v) is 35.7. The van der Waals surface area contributed by atoms with E-state index in [4.69, 9.17) is 4.42 Å². The summed E-state index contributed by atoms with van der Waals surface area (Å²) < 4.78 is 90.4. The lowest BCUT2D eigenvalue weighted by Crippen LogP contribution is -2.30. The van der Waals surface area contributed by atoms with Crippen molar-refractivity contribution in [2.24, 2.45) is 0 Å². The lowest BCUT2D eigenvalue weighted by molar-refractivity contribution is 0.568. The van der Waals surface area contributed by atoms with Crippen molar-refractivity contribution in [2.45, 2.75) is 111 Å². The molecule has 20 rings (SSSR count). The van der Waals surface area contributed by atoms with Crippen LogP contribution in [-0.4, -0.2) is 4.57 Å². The summed E-state index contributed by atoms with van der Waals surface area (Å²) >= 11 is 1.77. The van der Waals surface area contributed by atoms with Crippen LogP contribution in [0.2, 0.25) is 0 Å². The molecule has 0 radical (unpaired) electrons. The van der Waals surface area contributed by atoms with Gasteiger partial charge in [-0.3, -0.25) is 0 Å². The summed E-state index contributed by atoms with van der Waals surface area (Å²) in [6, 6.07) is 93.3. The van der Waals surface area contributed by atoms with E-state index < -0.39 is 54.3 Å². The van der Waals surface area contributed by atoms with Gasteiger partial charge in [-0.05, 0) is 166 Å².